The van der Waals surface area contributed by atoms with Gasteiger partial charge in [0.15, 0.2) is 17.2 Å². The fraction of sp³-hybridized carbons (Fsp3) is 0.400. The summed E-state index contributed by atoms with van der Waals surface area (Å²) in [6.45, 7) is 4.78. The van der Waals surface area contributed by atoms with E-state index in [1.807, 2.05) is 0 Å². The number of nitrogens with two attached hydrogens (primary N) is 1. The fourth-order valence-electron chi connectivity index (χ4n) is 2.00. The molecule has 3 N–H and O–H groups in total. The molecule has 1 aromatic heterocycles. The SMILES string of the molecule is COc1cccc(-c2n[nH]nc2C(N)=O)c1OCCC(C)C. The highest BCUT2D eigenvalue weighted by Crippen LogP contribution is 2.38. The third-order valence-electron chi connectivity index (χ3n) is 3.18. The van der Waals surface area contributed by atoms with Crippen LogP contribution in [-0.2, 0) is 0 Å². The van der Waals surface area contributed by atoms with Crippen LogP contribution in [0.5, 0.6) is 11.5 Å². The van der Waals surface area contributed by atoms with Crippen molar-refractivity contribution in [3.05, 3.63) is 23.9 Å². The minimum Gasteiger partial charge on any atom is -0.493 e. The molecule has 0 radical (unpaired) electrons. The van der Waals surface area contributed by atoms with Crippen molar-refractivity contribution >= 4 is 5.91 Å². The summed E-state index contributed by atoms with van der Waals surface area (Å²) in [6.07, 6.45) is 0.902. The Morgan fingerprint density at radius 3 is 2.77 bits per heavy atom. The first-order valence-corrected chi connectivity index (χ1v) is 7.05. The Kier molecular flexibility index (Phi) is 4.98. The van der Waals surface area contributed by atoms with Crippen molar-refractivity contribution in [2.24, 2.45) is 11.7 Å². The van der Waals surface area contributed by atoms with Gasteiger partial charge in [0, 0.05) is 0 Å². The van der Waals surface area contributed by atoms with Gasteiger partial charge in [0.1, 0.15) is 5.69 Å². The lowest BCUT2D eigenvalue weighted by Crippen LogP contribution is -2.13. The number of methoxy groups -OCH3 is 1. The number of hydrogen-bond donors (Lipinski definition) is 2. The smallest absolute Gasteiger partial charge is 0.271 e. The number of para-hydroxylation sites is 1. The average Bonchev–Trinajstić information content (AvgIpc) is 2.96. The number of carbonyl (C=O) groups excluding carboxylic acids is 1. The Balaban J connectivity index is 2.42. The molecule has 7 nitrogen and oxygen atoms in total. The highest BCUT2D eigenvalue weighted by atomic mass is 16.5. The van der Waals surface area contributed by atoms with Gasteiger partial charge in [-0.2, -0.15) is 15.4 Å². The molecule has 0 spiro atoms. The van der Waals surface area contributed by atoms with Crippen LogP contribution in [0.1, 0.15) is 30.8 Å². The van der Waals surface area contributed by atoms with Crippen LogP contribution in [0, 0.1) is 5.92 Å². The molecule has 1 aromatic carbocycles. The molecule has 0 bridgehead atoms. The number of rotatable bonds is 7. The molecular formula is C15H20N4O3. The van der Waals surface area contributed by atoms with Gasteiger partial charge in [0.25, 0.3) is 5.91 Å². The summed E-state index contributed by atoms with van der Waals surface area (Å²) < 4.78 is 11.2. The first-order chi connectivity index (χ1) is 10.5. The molecule has 2 rings (SSSR count). The molecule has 0 aliphatic carbocycles. The lowest BCUT2D eigenvalue weighted by atomic mass is 10.1. The summed E-state index contributed by atoms with van der Waals surface area (Å²) in [5.41, 5.74) is 6.36. The maximum atomic E-state index is 11.5. The van der Waals surface area contributed by atoms with Crippen molar-refractivity contribution < 1.29 is 14.3 Å². The van der Waals surface area contributed by atoms with E-state index in [-0.39, 0.29) is 5.69 Å². The van der Waals surface area contributed by atoms with Gasteiger partial charge in [-0.15, -0.1) is 0 Å². The van der Waals surface area contributed by atoms with Gasteiger partial charge >= 0.3 is 0 Å². The van der Waals surface area contributed by atoms with Crippen molar-refractivity contribution in [3.8, 4) is 22.8 Å². The third kappa shape index (κ3) is 3.36. The summed E-state index contributed by atoms with van der Waals surface area (Å²) in [7, 11) is 1.56. The van der Waals surface area contributed by atoms with Gasteiger partial charge in [-0.1, -0.05) is 19.9 Å². The van der Waals surface area contributed by atoms with E-state index in [1.165, 1.54) is 0 Å². The first-order valence-electron chi connectivity index (χ1n) is 7.05. The van der Waals surface area contributed by atoms with Gasteiger partial charge in [-0.25, -0.2) is 0 Å². The summed E-state index contributed by atoms with van der Waals surface area (Å²) >= 11 is 0. The second-order valence-electron chi connectivity index (χ2n) is 5.25. The molecule has 0 unspecified atom stereocenters. The van der Waals surface area contributed by atoms with E-state index in [0.29, 0.717) is 35.3 Å². The van der Waals surface area contributed by atoms with Crippen molar-refractivity contribution in [2.45, 2.75) is 20.3 Å². The van der Waals surface area contributed by atoms with Crippen LogP contribution < -0.4 is 15.2 Å². The number of ether oxygens (including phenoxy) is 2. The second-order valence-corrected chi connectivity index (χ2v) is 5.25. The van der Waals surface area contributed by atoms with E-state index in [1.54, 1.807) is 25.3 Å². The number of H-pyrrole nitrogens is 1. The Labute approximate surface area is 128 Å². The molecule has 22 heavy (non-hydrogen) atoms. The molecule has 1 amide bonds. The van der Waals surface area contributed by atoms with Gasteiger partial charge < -0.3 is 15.2 Å². The number of carbonyl (C=O) groups is 1. The summed E-state index contributed by atoms with van der Waals surface area (Å²) in [4.78, 5) is 11.5. The quantitative estimate of drug-likeness (QED) is 0.814. The lowest BCUT2D eigenvalue weighted by Gasteiger charge is -2.15. The van der Waals surface area contributed by atoms with Crippen LogP contribution >= 0.6 is 0 Å². The average molecular weight is 304 g/mol. The first kappa shape index (κ1) is 15.8. The van der Waals surface area contributed by atoms with Crippen LogP contribution in [0.25, 0.3) is 11.3 Å². The number of benzene rings is 1. The predicted molar refractivity (Wildman–Crippen MR) is 81.8 cm³/mol. The Morgan fingerprint density at radius 1 is 1.36 bits per heavy atom. The number of nitrogens with one attached hydrogen (secondary N) is 1. The Bertz CT molecular complexity index is 652. The van der Waals surface area contributed by atoms with Crippen molar-refractivity contribution in [3.63, 3.8) is 0 Å². The van der Waals surface area contributed by atoms with Crippen LogP contribution in [-0.4, -0.2) is 35.0 Å². The van der Waals surface area contributed by atoms with Crippen LogP contribution in [0.3, 0.4) is 0 Å². The Hall–Kier alpha value is -2.57. The minimum absolute atomic E-state index is 0.0713. The normalized spacial score (nSPS) is 10.7. The highest BCUT2D eigenvalue weighted by molar-refractivity contribution is 5.97. The zero-order valence-electron chi connectivity index (χ0n) is 12.9. The van der Waals surface area contributed by atoms with Crippen LogP contribution in [0.15, 0.2) is 18.2 Å². The number of aromatic nitrogens is 3. The molecule has 0 fully saturated rings. The van der Waals surface area contributed by atoms with E-state index >= 15 is 0 Å². The largest absolute Gasteiger partial charge is 0.493 e. The molecule has 2 aromatic rings. The van der Waals surface area contributed by atoms with E-state index in [0.717, 1.165) is 6.42 Å². The zero-order valence-corrected chi connectivity index (χ0v) is 12.9. The summed E-state index contributed by atoms with van der Waals surface area (Å²) in [5, 5.41) is 10.2. The maximum absolute atomic E-state index is 11.5. The van der Waals surface area contributed by atoms with Gasteiger partial charge in [-0.3, -0.25) is 4.79 Å². The van der Waals surface area contributed by atoms with Crippen molar-refractivity contribution in [1.82, 2.24) is 15.4 Å². The van der Waals surface area contributed by atoms with Crippen molar-refractivity contribution in [1.29, 1.82) is 0 Å². The number of amides is 1. The van der Waals surface area contributed by atoms with Gasteiger partial charge in [0.05, 0.1) is 19.3 Å². The second kappa shape index (κ2) is 6.93. The number of nitrogens with zero attached hydrogens (tertiary/aromatic N) is 2. The fourth-order valence-corrected chi connectivity index (χ4v) is 2.00. The predicted octanol–water partition coefficient (Wildman–Crippen LogP) is 2.00. The molecule has 0 aliphatic heterocycles. The Morgan fingerprint density at radius 2 is 2.14 bits per heavy atom. The topological polar surface area (TPSA) is 103 Å². The number of primary amides is 1. The van der Waals surface area contributed by atoms with Crippen LogP contribution in [0.2, 0.25) is 0 Å². The number of aromatic amines is 1. The molecule has 1 heterocycles. The standard InChI is InChI=1S/C15H20N4O3/c1-9(2)7-8-22-14-10(5-4-6-11(14)21-3)12-13(15(16)20)18-19-17-12/h4-6,9H,7-8H2,1-3H3,(H2,16,20)(H,17,18,19). The molecule has 7 heteroatoms. The summed E-state index contributed by atoms with van der Waals surface area (Å²) in [5.74, 6) is 0.966. The molecule has 118 valence electrons. The minimum atomic E-state index is -0.653. The zero-order chi connectivity index (χ0) is 16.1. The molecule has 0 aliphatic rings. The lowest BCUT2D eigenvalue weighted by molar-refractivity contribution is 0.0996. The van der Waals surface area contributed by atoms with Gasteiger partial charge in [-0.05, 0) is 24.5 Å². The number of hydrogen-bond acceptors (Lipinski definition) is 5. The molecule has 0 saturated heterocycles. The highest BCUT2D eigenvalue weighted by Gasteiger charge is 2.21. The third-order valence-corrected chi connectivity index (χ3v) is 3.18. The van der Waals surface area contributed by atoms with Crippen molar-refractivity contribution in [2.75, 3.05) is 13.7 Å². The van der Waals surface area contributed by atoms with E-state index in [9.17, 15) is 4.79 Å². The van der Waals surface area contributed by atoms with E-state index in [4.69, 9.17) is 15.2 Å². The van der Waals surface area contributed by atoms with E-state index < -0.39 is 5.91 Å². The monoisotopic (exact) mass is 304 g/mol. The van der Waals surface area contributed by atoms with Gasteiger partial charge in [0.2, 0.25) is 0 Å². The molecule has 0 atom stereocenters. The van der Waals surface area contributed by atoms with E-state index in [2.05, 4.69) is 29.3 Å². The maximum Gasteiger partial charge on any atom is 0.271 e. The van der Waals surface area contributed by atoms with Crippen LogP contribution in [0.4, 0.5) is 0 Å². The molecule has 0 saturated carbocycles. The molecular weight excluding hydrogens is 284 g/mol. The summed E-state index contributed by atoms with van der Waals surface area (Å²) in [6, 6.07) is 5.37.